The quantitative estimate of drug-likeness (QED) is 0.211. The summed E-state index contributed by atoms with van der Waals surface area (Å²) in [6.07, 6.45) is 1.62. The van der Waals surface area contributed by atoms with Crippen LogP contribution in [0.4, 0.5) is 5.69 Å². The molecule has 0 aliphatic heterocycles. The molecular formula is C34H30NO2P. The summed E-state index contributed by atoms with van der Waals surface area (Å²) in [6.45, 7) is 4.30. The van der Waals surface area contributed by atoms with E-state index in [1.165, 1.54) is 22.1 Å². The zero-order valence-electron chi connectivity index (χ0n) is 21.6. The van der Waals surface area contributed by atoms with Crippen molar-refractivity contribution in [3.05, 3.63) is 127 Å². The fourth-order valence-electron chi connectivity index (χ4n) is 5.13. The highest BCUT2D eigenvalue weighted by Gasteiger charge is 2.19. The van der Waals surface area contributed by atoms with Gasteiger partial charge in [-0.1, -0.05) is 115 Å². The van der Waals surface area contributed by atoms with Crippen molar-refractivity contribution in [2.45, 2.75) is 26.7 Å². The molecule has 1 atom stereocenters. The maximum Gasteiger partial charge on any atom is 0.348 e. The average molecular weight is 516 g/mol. The number of anilines is 1. The molecule has 1 unspecified atom stereocenters. The summed E-state index contributed by atoms with van der Waals surface area (Å²) >= 11 is 0. The van der Waals surface area contributed by atoms with Gasteiger partial charge in [0.05, 0.1) is 5.69 Å². The van der Waals surface area contributed by atoms with E-state index in [1.54, 1.807) is 12.1 Å². The lowest BCUT2D eigenvalue weighted by Gasteiger charge is -2.23. The molecule has 0 aliphatic carbocycles. The van der Waals surface area contributed by atoms with E-state index in [0.29, 0.717) is 5.30 Å². The molecule has 4 heteroatoms. The molecule has 0 fully saturated rings. The molecule has 1 N–H and O–H groups in total. The molecule has 5 aromatic carbocycles. The Morgan fingerprint density at radius 1 is 0.737 bits per heavy atom. The number of hydrogen-bond donors (Lipinski definition) is 1. The monoisotopic (exact) mass is 515 g/mol. The predicted octanol–water partition coefficient (Wildman–Crippen LogP) is 8.55. The van der Waals surface area contributed by atoms with Gasteiger partial charge in [0.1, 0.15) is 0 Å². The van der Waals surface area contributed by atoms with Crippen molar-refractivity contribution in [2.24, 2.45) is 0 Å². The van der Waals surface area contributed by atoms with E-state index in [-0.39, 0.29) is 0 Å². The summed E-state index contributed by atoms with van der Waals surface area (Å²) in [6, 6.07) is 39.1. The molecule has 0 aliphatic rings. The molecule has 5 rings (SSSR count). The second-order valence-corrected chi connectivity index (χ2v) is 10.3. The predicted molar refractivity (Wildman–Crippen MR) is 160 cm³/mol. The van der Waals surface area contributed by atoms with Gasteiger partial charge in [0.15, 0.2) is 5.30 Å². The van der Waals surface area contributed by atoms with Crippen LogP contribution in [-0.2, 0) is 4.57 Å². The van der Waals surface area contributed by atoms with Crippen LogP contribution < -0.4 is 15.5 Å². The number of hydrogen-bond acceptors (Lipinski definition) is 3. The van der Waals surface area contributed by atoms with Gasteiger partial charge in [-0.15, -0.1) is 0 Å². The normalized spacial score (nSPS) is 12.2. The van der Waals surface area contributed by atoms with Gasteiger partial charge < -0.3 is 10.2 Å². The Balaban J connectivity index is 1.77. The third-order valence-corrected chi connectivity index (χ3v) is 7.69. The summed E-state index contributed by atoms with van der Waals surface area (Å²) in [4.78, 5) is 11.4. The van der Waals surface area contributed by atoms with Crippen molar-refractivity contribution in [1.29, 1.82) is 0 Å². The Bertz CT molecular complexity index is 1610. The first kappa shape index (κ1) is 25.6. The Labute approximate surface area is 225 Å². The average Bonchev–Trinajstić information content (AvgIpc) is 2.97. The summed E-state index contributed by atoms with van der Waals surface area (Å²) in [7, 11) is -2.60. The summed E-state index contributed by atoms with van der Waals surface area (Å²) in [5, 5.41) is 6.56. The number of nitrogens with one attached hydrogen (secondary N) is 1. The third kappa shape index (κ3) is 5.17. The number of fused-ring (bicyclic) bond motifs is 1. The van der Waals surface area contributed by atoms with Crippen LogP contribution in [-0.4, -0.2) is 0 Å². The van der Waals surface area contributed by atoms with E-state index in [4.69, 9.17) is 0 Å². The SMILES string of the molecule is CCC(Nc1c(-c2ccccc2)c(-c2ccccc2)cc2ccccc12)=C(CC)c1ccc([P+](=O)[O-])cc1. The van der Waals surface area contributed by atoms with Crippen molar-refractivity contribution >= 4 is 35.4 Å². The van der Waals surface area contributed by atoms with Gasteiger partial charge in [0.2, 0.25) is 0 Å². The Hall–Kier alpha value is -4.04. The lowest BCUT2D eigenvalue weighted by molar-refractivity contribution is -0.160. The fraction of sp³-hybridized carbons (Fsp3) is 0.118. The minimum atomic E-state index is -2.60. The lowest BCUT2D eigenvalue weighted by atomic mass is 9.89. The molecule has 3 nitrogen and oxygen atoms in total. The zero-order chi connectivity index (χ0) is 26.5. The maximum absolute atomic E-state index is 11.4. The molecule has 5 aromatic rings. The highest BCUT2D eigenvalue weighted by molar-refractivity contribution is 7.45. The topological polar surface area (TPSA) is 52.2 Å². The smallest absolute Gasteiger partial charge is 0.348 e. The number of benzene rings is 5. The summed E-state index contributed by atoms with van der Waals surface area (Å²) in [5.74, 6) is 0. The zero-order valence-corrected chi connectivity index (χ0v) is 22.5. The van der Waals surface area contributed by atoms with Crippen LogP contribution in [0.3, 0.4) is 0 Å². The number of rotatable bonds is 8. The minimum Gasteiger partial charge on any atom is -0.591 e. The second-order valence-electron chi connectivity index (χ2n) is 9.22. The Morgan fingerprint density at radius 2 is 1.34 bits per heavy atom. The molecule has 0 radical (unpaired) electrons. The van der Waals surface area contributed by atoms with E-state index >= 15 is 0 Å². The van der Waals surface area contributed by atoms with E-state index in [0.717, 1.165) is 46.3 Å². The molecule has 0 amide bonds. The van der Waals surface area contributed by atoms with Crippen molar-refractivity contribution in [3.63, 3.8) is 0 Å². The first-order valence-corrected chi connectivity index (χ1v) is 14.2. The molecule has 0 saturated heterocycles. The van der Waals surface area contributed by atoms with Gasteiger partial charge in [0.25, 0.3) is 0 Å². The molecule has 0 bridgehead atoms. The third-order valence-electron chi connectivity index (χ3n) is 6.97. The van der Waals surface area contributed by atoms with Crippen LogP contribution in [0.1, 0.15) is 32.3 Å². The van der Waals surface area contributed by atoms with Gasteiger partial charge in [-0.05, 0) is 64.3 Å². The van der Waals surface area contributed by atoms with Gasteiger partial charge in [-0.2, -0.15) is 0 Å². The van der Waals surface area contributed by atoms with Crippen molar-refractivity contribution in [2.75, 3.05) is 5.32 Å². The van der Waals surface area contributed by atoms with E-state index in [9.17, 15) is 9.46 Å². The van der Waals surface area contributed by atoms with E-state index in [2.05, 4.69) is 98.0 Å². The van der Waals surface area contributed by atoms with Crippen molar-refractivity contribution in [1.82, 2.24) is 0 Å². The Kier molecular flexibility index (Phi) is 7.79. The van der Waals surface area contributed by atoms with Crippen LogP contribution in [0.5, 0.6) is 0 Å². The first-order valence-electron chi connectivity index (χ1n) is 13.0. The molecule has 0 aromatic heterocycles. The number of allylic oxidation sites excluding steroid dienone is 2. The maximum atomic E-state index is 11.4. The van der Waals surface area contributed by atoms with Crippen LogP contribution in [0.25, 0.3) is 38.6 Å². The highest BCUT2D eigenvalue weighted by atomic mass is 31.1. The molecule has 0 heterocycles. The van der Waals surface area contributed by atoms with Crippen LogP contribution in [0.2, 0.25) is 0 Å². The largest absolute Gasteiger partial charge is 0.591 e. The summed E-state index contributed by atoms with van der Waals surface area (Å²) in [5.41, 5.74) is 9.06. The van der Waals surface area contributed by atoms with Gasteiger partial charge in [-0.3, -0.25) is 0 Å². The fourth-order valence-corrected chi connectivity index (χ4v) is 5.52. The van der Waals surface area contributed by atoms with E-state index < -0.39 is 8.03 Å². The van der Waals surface area contributed by atoms with Crippen molar-refractivity contribution in [3.8, 4) is 22.3 Å². The minimum absolute atomic E-state index is 0.332. The molecule has 0 saturated carbocycles. The van der Waals surface area contributed by atoms with Gasteiger partial charge >= 0.3 is 8.03 Å². The Morgan fingerprint density at radius 3 is 1.95 bits per heavy atom. The van der Waals surface area contributed by atoms with Crippen molar-refractivity contribution < 1.29 is 9.46 Å². The van der Waals surface area contributed by atoms with E-state index in [1.807, 2.05) is 24.3 Å². The molecule has 0 spiro atoms. The van der Waals surface area contributed by atoms with Gasteiger partial charge in [0, 0.05) is 16.6 Å². The van der Waals surface area contributed by atoms with Crippen LogP contribution in [0.15, 0.2) is 121 Å². The van der Waals surface area contributed by atoms with Crippen LogP contribution >= 0.6 is 8.03 Å². The lowest BCUT2D eigenvalue weighted by Crippen LogP contribution is -2.07. The highest BCUT2D eigenvalue weighted by Crippen LogP contribution is 2.44. The summed E-state index contributed by atoms with van der Waals surface area (Å²) < 4.78 is 11.4. The van der Waals surface area contributed by atoms with Gasteiger partial charge in [-0.25, -0.2) is 0 Å². The molecule has 38 heavy (non-hydrogen) atoms. The molecule has 188 valence electrons. The second kappa shape index (κ2) is 11.6. The van der Waals surface area contributed by atoms with Crippen LogP contribution in [0, 0.1) is 0 Å². The first-order chi connectivity index (χ1) is 18.6. The molecular weight excluding hydrogens is 485 g/mol. The standard InChI is InChI=1S/C34H30NO2P/c1-3-29(25-19-21-28(22-20-25)38(36)37)32(4-2)35-34-30-18-12-11-17-27(30)23-31(24-13-7-5-8-14-24)33(34)26-15-9-6-10-16-26/h5-23,35H,3-4H2,1-2H3.